The Bertz CT molecular complexity index is 413. The Balaban J connectivity index is 0.00000324. The molecule has 0 radical (unpaired) electrons. The van der Waals surface area contributed by atoms with Gasteiger partial charge in [0, 0.05) is 6.04 Å². The Morgan fingerprint density at radius 1 is 1.21 bits per heavy atom. The van der Waals surface area contributed by atoms with Crippen molar-refractivity contribution >= 4 is 18.4 Å². The van der Waals surface area contributed by atoms with Crippen molar-refractivity contribution in [2.75, 3.05) is 21.3 Å². The summed E-state index contributed by atoms with van der Waals surface area (Å²) >= 11 is 0. The third kappa shape index (κ3) is 4.18. The van der Waals surface area contributed by atoms with E-state index in [9.17, 15) is 4.79 Å². The molecule has 7 heteroatoms. The maximum absolute atomic E-state index is 10.6. The van der Waals surface area contributed by atoms with Crippen molar-refractivity contribution in [3.05, 3.63) is 17.7 Å². The largest absolute Gasteiger partial charge is 0.493 e. The highest BCUT2D eigenvalue weighted by atomic mass is 35.5. The zero-order chi connectivity index (χ0) is 13.7. The van der Waals surface area contributed by atoms with Crippen molar-refractivity contribution in [2.45, 2.75) is 12.5 Å². The van der Waals surface area contributed by atoms with Gasteiger partial charge in [-0.15, -0.1) is 12.4 Å². The average Bonchev–Trinajstić information content (AvgIpc) is 2.35. The van der Waals surface area contributed by atoms with Crippen LogP contribution >= 0.6 is 12.4 Å². The van der Waals surface area contributed by atoms with Crippen LogP contribution in [0.4, 0.5) is 0 Å². The molecule has 0 aromatic heterocycles. The molecule has 108 valence electrons. The molecule has 0 spiro atoms. The summed E-state index contributed by atoms with van der Waals surface area (Å²) in [7, 11) is 4.48. The minimum absolute atomic E-state index is 0. The number of carbonyl (C=O) groups is 1. The van der Waals surface area contributed by atoms with Crippen LogP contribution in [0.15, 0.2) is 12.1 Å². The summed E-state index contributed by atoms with van der Waals surface area (Å²) < 4.78 is 15.5. The maximum atomic E-state index is 10.6. The Morgan fingerprint density at radius 2 is 1.68 bits per heavy atom. The molecule has 6 nitrogen and oxygen atoms in total. The number of rotatable bonds is 6. The number of nitrogens with two attached hydrogens (primary N) is 1. The lowest BCUT2D eigenvalue weighted by atomic mass is 10.0. The first-order valence-electron chi connectivity index (χ1n) is 5.30. The van der Waals surface area contributed by atoms with Gasteiger partial charge < -0.3 is 25.1 Å². The lowest BCUT2D eigenvalue weighted by Gasteiger charge is -2.16. The number of ether oxygens (including phenoxy) is 3. The van der Waals surface area contributed by atoms with E-state index < -0.39 is 12.0 Å². The van der Waals surface area contributed by atoms with E-state index in [0.29, 0.717) is 22.8 Å². The van der Waals surface area contributed by atoms with Gasteiger partial charge in [0.05, 0.1) is 27.8 Å². The quantitative estimate of drug-likeness (QED) is 0.827. The highest BCUT2D eigenvalue weighted by Gasteiger charge is 2.18. The molecule has 0 heterocycles. The number of hydrogen-bond acceptors (Lipinski definition) is 5. The molecule has 1 atom stereocenters. The minimum Gasteiger partial charge on any atom is -0.493 e. The van der Waals surface area contributed by atoms with Gasteiger partial charge >= 0.3 is 5.97 Å². The molecule has 0 saturated carbocycles. The fourth-order valence-corrected chi connectivity index (χ4v) is 1.62. The first-order valence-corrected chi connectivity index (χ1v) is 5.30. The molecular formula is C12H18ClNO5. The predicted molar refractivity (Wildman–Crippen MR) is 72.5 cm³/mol. The average molecular weight is 292 g/mol. The van der Waals surface area contributed by atoms with Crippen LogP contribution in [0, 0.1) is 0 Å². The maximum Gasteiger partial charge on any atom is 0.305 e. The van der Waals surface area contributed by atoms with Gasteiger partial charge in [0.1, 0.15) is 0 Å². The van der Waals surface area contributed by atoms with Gasteiger partial charge in [0.15, 0.2) is 11.5 Å². The van der Waals surface area contributed by atoms with Crippen LogP contribution in [-0.4, -0.2) is 32.4 Å². The summed E-state index contributed by atoms with van der Waals surface area (Å²) in [6.45, 7) is 0. The molecule has 19 heavy (non-hydrogen) atoms. The molecule has 0 amide bonds. The predicted octanol–water partition coefficient (Wildman–Crippen LogP) is 1.61. The molecule has 0 fully saturated rings. The van der Waals surface area contributed by atoms with Gasteiger partial charge in [-0.1, -0.05) is 0 Å². The summed E-state index contributed by atoms with van der Waals surface area (Å²) in [5, 5.41) is 8.73. The Labute approximate surface area is 117 Å². The number of methoxy groups -OCH3 is 3. The van der Waals surface area contributed by atoms with Gasteiger partial charge in [-0.25, -0.2) is 0 Å². The Hall–Kier alpha value is -1.66. The van der Waals surface area contributed by atoms with E-state index in [1.165, 1.54) is 21.3 Å². The Kier molecular flexibility index (Phi) is 7.03. The van der Waals surface area contributed by atoms with Crippen molar-refractivity contribution in [3.8, 4) is 17.2 Å². The smallest absolute Gasteiger partial charge is 0.305 e. The van der Waals surface area contributed by atoms with Crippen LogP contribution in [0.1, 0.15) is 18.0 Å². The van der Waals surface area contributed by atoms with Gasteiger partial charge in [-0.2, -0.15) is 0 Å². The second-order valence-electron chi connectivity index (χ2n) is 3.66. The number of carboxylic acid groups (broad SMARTS) is 1. The van der Waals surface area contributed by atoms with Crippen LogP contribution in [0.2, 0.25) is 0 Å². The molecular weight excluding hydrogens is 274 g/mol. The van der Waals surface area contributed by atoms with Crippen LogP contribution in [-0.2, 0) is 4.79 Å². The van der Waals surface area contributed by atoms with E-state index in [-0.39, 0.29) is 18.8 Å². The minimum atomic E-state index is -0.962. The van der Waals surface area contributed by atoms with Crippen LogP contribution in [0.3, 0.4) is 0 Å². The van der Waals surface area contributed by atoms with Crippen molar-refractivity contribution in [1.29, 1.82) is 0 Å². The highest BCUT2D eigenvalue weighted by Crippen LogP contribution is 2.39. The number of hydrogen-bond donors (Lipinski definition) is 2. The lowest BCUT2D eigenvalue weighted by Crippen LogP contribution is -2.15. The standard InChI is InChI=1S/C12H17NO5.ClH/c1-16-9-4-7(8(13)6-11(14)15)5-10(17-2)12(9)18-3;/h4-5,8H,6,13H2,1-3H3,(H,14,15);1H/t8-;/m1./s1. The summed E-state index contributed by atoms with van der Waals surface area (Å²) in [5.74, 6) is 0.392. The normalized spacial score (nSPS) is 11.2. The van der Waals surface area contributed by atoms with E-state index in [0.717, 1.165) is 0 Å². The third-order valence-corrected chi connectivity index (χ3v) is 2.51. The Morgan fingerprint density at radius 3 is 2.00 bits per heavy atom. The first-order chi connectivity index (χ1) is 8.53. The fourth-order valence-electron chi connectivity index (χ4n) is 1.62. The van der Waals surface area contributed by atoms with E-state index in [2.05, 4.69) is 0 Å². The zero-order valence-electron chi connectivity index (χ0n) is 11.0. The number of halogens is 1. The van der Waals surface area contributed by atoms with Crippen LogP contribution in [0.25, 0.3) is 0 Å². The van der Waals surface area contributed by atoms with Crippen molar-refractivity contribution in [1.82, 2.24) is 0 Å². The van der Waals surface area contributed by atoms with Gasteiger partial charge in [0.25, 0.3) is 0 Å². The first kappa shape index (κ1) is 17.3. The zero-order valence-corrected chi connectivity index (χ0v) is 11.8. The van der Waals surface area contributed by atoms with E-state index in [4.69, 9.17) is 25.1 Å². The molecule has 1 aromatic rings. The van der Waals surface area contributed by atoms with Crippen molar-refractivity contribution in [3.63, 3.8) is 0 Å². The lowest BCUT2D eigenvalue weighted by molar-refractivity contribution is -0.137. The summed E-state index contributed by atoms with van der Waals surface area (Å²) in [4.78, 5) is 10.6. The molecule has 0 aliphatic heterocycles. The van der Waals surface area contributed by atoms with E-state index >= 15 is 0 Å². The summed E-state index contributed by atoms with van der Waals surface area (Å²) in [6, 6.07) is 2.67. The third-order valence-electron chi connectivity index (χ3n) is 2.51. The summed E-state index contributed by atoms with van der Waals surface area (Å²) in [6.07, 6.45) is -0.168. The number of benzene rings is 1. The molecule has 0 aliphatic rings. The second kappa shape index (κ2) is 7.70. The van der Waals surface area contributed by atoms with Gasteiger partial charge in [-0.3, -0.25) is 4.79 Å². The molecule has 0 bridgehead atoms. The fraction of sp³-hybridized carbons (Fsp3) is 0.417. The van der Waals surface area contributed by atoms with Gasteiger partial charge in [0.2, 0.25) is 5.75 Å². The summed E-state index contributed by atoms with van der Waals surface area (Å²) in [5.41, 5.74) is 6.42. The second-order valence-corrected chi connectivity index (χ2v) is 3.66. The topological polar surface area (TPSA) is 91.0 Å². The van der Waals surface area contributed by atoms with Gasteiger partial charge in [-0.05, 0) is 17.7 Å². The number of aliphatic carboxylic acids is 1. The monoisotopic (exact) mass is 291 g/mol. The van der Waals surface area contributed by atoms with Crippen LogP contribution < -0.4 is 19.9 Å². The highest BCUT2D eigenvalue weighted by molar-refractivity contribution is 5.85. The van der Waals surface area contributed by atoms with Crippen LogP contribution in [0.5, 0.6) is 17.2 Å². The molecule has 0 aliphatic carbocycles. The van der Waals surface area contributed by atoms with E-state index in [1.54, 1.807) is 12.1 Å². The molecule has 0 saturated heterocycles. The van der Waals surface area contributed by atoms with Crippen molar-refractivity contribution in [2.24, 2.45) is 5.73 Å². The molecule has 1 rings (SSSR count). The molecule has 0 unspecified atom stereocenters. The number of carboxylic acids is 1. The SMILES string of the molecule is COc1cc([C@H](N)CC(=O)O)cc(OC)c1OC.Cl. The molecule has 1 aromatic carbocycles. The molecule has 3 N–H and O–H groups in total. The van der Waals surface area contributed by atoms with E-state index in [1.807, 2.05) is 0 Å². The van der Waals surface area contributed by atoms with Crippen molar-refractivity contribution < 1.29 is 24.1 Å².